The lowest BCUT2D eigenvalue weighted by atomic mass is 10.0. The van der Waals surface area contributed by atoms with Crippen LogP contribution in [0.3, 0.4) is 0 Å². The summed E-state index contributed by atoms with van der Waals surface area (Å²) < 4.78 is 1.98. The Balaban J connectivity index is 0.00000196. The van der Waals surface area contributed by atoms with Crippen molar-refractivity contribution in [2.45, 2.75) is 51.5 Å². The van der Waals surface area contributed by atoms with Crippen LogP contribution in [0, 0.1) is 6.92 Å². The molecule has 1 amide bonds. The van der Waals surface area contributed by atoms with Crippen LogP contribution in [0.4, 0.5) is 0 Å². The summed E-state index contributed by atoms with van der Waals surface area (Å²) in [5.41, 5.74) is 11.2. The summed E-state index contributed by atoms with van der Waals surface area (Å²) in [6.45, 7) is 3.41. The molecule has 0 spiro atoms. The predicted octanol–water partition coefficient (Wildman–Crippen LogP) is 3.04. The molecular formula is C20H27ClN4O. The van der Waals surface area contributed by atoms with Gasteiger partial charge in [-0.1, -0.05) is 17.7 Å². The smallest absolute Gasteiger partial charge is 0.274 e. The first-order valence-corrected chi connectivity index (χ1v) is 9.38. The summed E-state index contributed by atoms with van der Waals surface area (Å²) in [4.78, 5) is 15.2. The second-order valence-corrected chi connectivity index (χ2v) is 7.26. The van der Waals surface area contributed by atoms with E-state index in [0.29, 0.717) is 12.2 Å². The van der Waals surface area contributed by atoms with Gasteiger partial charge in [0.25, 0.3) is 5.91 Å². The minimum Gasteiger partial charge on any atom is -0.333 e. The number of aromatic nitrogens is 2. The van der Waals surface area contributed by atoms with E-state index in [0.717, 1.165) is 56.3 Å². The van der Waals surface area contributed by atoms with Gasteiger partial charge in [-0.3, -0.25) is 4.79 Å². The Morgan fingerprint density at radius 2 is 1.96 bits per heavy atom. The zero-order chi connectivity index (χ0) is 17.4. The average Bonchev–Trinajstić information content (AvgIpc) is 3.24. The maximum Gasteiger partial charge on any atom is 0.274 e. The summed E-state index contributed by atoms with van der Waals surface area (Å²) in [7, 11) is 0. The lowest BCUT2D eigenvalue weighted by Gasteiger charge is -2.34. The second-order valence-electron chi connectivity index (χ2n) is 7.26. The maximum atomic E-state index is 13.2. The number of likely N-dealkylation sites (tertiary alicyclic amines) is 1. The highest BCUT2D eigenvalue weighted by atomic mass is 35.5. The first-order valence-electron chi connectivity index (χ1n) is 9.38. The molecule has 0 saturated carbocycles. The molecule has 140 valence electrons. The van der Waals surface area contributed by atoms with Gasteiger partial charge in [0.1, 0.15) is 0 Å². The summed E-state index contributed by atoms with van der Waals surface area (Å²) in [5.74, 6) is 0.0687. The number of rotatable bonds is 3. The molecule has 0 radical (unpaired) electrons. The van der Waals surface area contributed by atoms with E-state index in [1.165, 1.54) is 11.3 Å². The SMILES string of the molecule is Cc1ccc(-n2nc(C(=O)N3CCCCC3CN)c3c2CCC3)cc1.Cl. The van der Waals surface area contributed by atoms with Crippen molar-refractivity contribution in [2.75, 3.05) is 13.1 Å². The van der Waals surface area contributed by atoms with Gasteiger partial charge in [-0.2, -0.15) is 5.10 Å². The third-order valence-corrected chi connectivity index (χ3v) is 5.57. The van der Waals surface area contributed by atoms with E-state index in [9.17, 15) is 4.79 Å². The monoisotopic (exact) mass is 374 g/mol. The minimum absolute atomic E-state index is 0. The maximum absolute atomic E-state index is 13.2. The number of aryl methyl sites for hydroxylation is 1. The number of carbonyl (C=O) groups is 1. The molecule has 1 fully saturated rings. The number of fused-ring (bicyclic) bond motifs is 1. The van der Waals surface area contributed by atoms with Crippen molar-refractivity contribution in [1.82, 2.24) is 14.7 Å². The van der Waals surface area contributed by atoms with E-state index in [4.69, 9.17) is 10.8 Å². The first kappa shape index (κ1) is 18.9. The third-order valence-electron chi connectivity index (χ3n) is 5.57. The van der Waals surface area contributed by atoms with E-state index in [2.05, 4.69) is 31.2 Å². The van der Waals surface area contributed by atoms with Crippen LogP contribution in [0.2, 0.25) is 0 Å². The first-order chi connectivity index (χ1) is 12.2. The number of hydrogen-bond donors (Lipinski definition) is 1. The predicted molar refractivity (Wildman–Crippen MR) is 105 cm³/mol. The number of amides is 1. The molecule has 2 heterocycles. The number of nitrogens with zero attached hydrogens (tertiary/aromatic N) is 3. The molecule has 2 N–H and O–H groups in total. The lowest BCUT2D eigenvalue weighted by Crippen LogP contribution is -2.47. The van der Waals surface area contributed by atoms with Crippen LogP contribution in [0.5, 0.6) is 0 Å². The molecule has 2 aromatic rings. The molecule has 1 saturated heterocycles. The Morgan fingerprint density at radius 3 is 2.69 bits per heavy atom. The molecule has 1 aromatic heterocycles. The van der Waals surface area contributed by atoms with Crippen molar-refractivity contribution in [1.29, 1.82) is 0 Å². The number of hydrogen-bond acceptors (Lipinski definition) is 3. The highest BCUT2D eigenvalue weighted by Crippen LogP contribution is 2.30. The zero-order valence-corrected chi connectivity index (χ0v) is 16.1. The number of piperidine rings is 1. The van der Waals surface area contributed by atoms with Gasteiger partial charge in [0.05, 0.1) is 5.69 Å². The topological polar surface area (TPSA) is 64.2 Å². The third kappa shape index (κ3) is 3.26. The summed E-state index contributed by atoms with van der Waals surface area (Å²) >= 11 is 0. The molecule has 26 heavy (non-hydrogen) atoms. The fraction of sp³-hybridized carbons (Fsp3) is 0.500. The largest absolute Gasteiger partial charge is 0.333 e. The van der Waals surface area contributed by atoms with Crippen LogP contribution in [-0.2, 0) is 12.8 Å². The van der Waals surface area contributed by atoms with Gasteiger partial charge < -0.3 is 10.6 Å². The zero-order valence-electron chi connectivity index (χ0n) is 15.3. The van der Waals surface area contributed by atoms with Gasteiger partial charge in [0.2, 0.25) is 0 Å². The molecule has 1 atom stereocenters. The number of nitrogens with two attached hydrogens (primary N) is 1. The van der Waals surface area contributed by atoms with E-state index < -0.39 is 0 Å². The molecule has 0 bridgehead atoms. The molecule has 1 unspecified atom stereocenters. The van der Waals surface area contributed by atoms with Gasteiger partial charge in [-0.05, 0) is 57.6 Å². The molecule has 1 aliphatic heterocycles. The molecule has 4 rings (SSSR count). The van der Waals surface area contributed by atoms with Crippen LogP contribution in [-0.4, -0.2) is 39.7 Å². The summed E-state index contributed by atoms with van der Waals surface area (Å²) in [6, 6.07) is 8.50. The fourth-order valence-corrected chi connectivity index (χ4v) is 4.16. The summed E-state index contributed by atoms with van der Waals surface area (Å²) in [6.07, 6.45) is 6.25. The van der Waals surface area contributed by atoms with Crippen LogP contribution in [0.25, 0.3) is 5.69 Å². The van der Waals surface area contributed by atoms with Gasteiger partial charge in [-0.25, -0.2) is 4.68 Å². The van der Waals surface area contributed by atoms with E-state index in [1.807, 2.05) is 9.58 Å². The van der Waals surface area contributed by atoms with Gasteiger partial charge in [0.15, 0.2) is 5.69 Å². The number of carbonyl (C=O) groups excluding carboxylic acids is 1. The van der Waals surface area contributed by atoms with Crippen molar-refractivity contribution >= 4 is 18.3 Å². The lowest BCUT2D eigenvalue weighted by molar-refractivity contribution is 0.0615. The molecule has 1 aliphatic carbocycles. The van der Waals surface area contributed by atoms with Crippen molar-refractivity contribution < 1.29 is 4.79 Å². The molecule has 1 aromatic carbocycles. The van der Waals surface area contributed by atoms with Crippen LogP contribution < -0.4 is 5.73 Å². The quantitative estimate of drug-likeness (QED) is 0.898. The van der Waals surface area contributed by atoms with Crippen molar-refractivity contribution in [3.05, 3.63) is 46.8 Å². The van der Waals surface area contributed by atoms with E-state index in [-0.39, 0.29) is 24.4 Å². The Hall–Kier alpha value is -1.85. The van der Waals surface area contributed by atoms with Gasteiger partial charge in [0, 0.05) is 30.4 Å². The van der Waals surface area contributed by atoms with Gasteiger partial charge in [-0.15, -0.1) is 12.4 Å². The standard InChI is InChI=1S/C20H26N4O.ClH/c1-14-8-10-15(11-9-14)24-18-7-4-6-17(18)19(22-24)20(25)23-12-3-2-5-16(23)13-21;/h8-11,16H,2-7,12-13,21H2,1H3;1H. The highest BCUT2D eigenvalue weighted by Gasteiger charge is 2.33. The number of halogens is 1. The van der Waals surface area contributed by atoms with E-state index >= 15 is 0 Å². The van der Waals surface area contributed by atoms with Crippen molar-refractivity contribution in [2.24, 2.45) is 5.73 Å². The van der Waals surface area contributed by atoms with Crippen LogP contribution >= 0.6 is 12.4 Å². The second kappa shape index (κ2) is 7.80. The Kier molecular flexibility index (Phi) is 5.68. The Morgan fingerprint density at radius 1 is 1.19 bits per heavy atom. The minimum atomic E-state index is 0. The Bertz CT molecular complexity index is 784. The molecule has 2 aliphatic rings. The fourth-order valence-electron chi connectivity index (χ4n) is 4.16. The van der Waals surface area contributed by atoms with Crippen LogP contribution in [0.1, 0.15) is 53.0 Å². The van der Waals surface area contributed by atoms with Crippen LogP contribution in [0.15, 0.2) is 24.3 Å². The van der Waals surface area contributed by atoms with E-state index in [1.54, 1.807) is 0 Å². The van der Waals surface area contributed by atoms with Crippen molar-refractivity contribution in [3.63, 3.8) is 0 Å². The Labute approximate surface area is 161 Å². The van der Waals surface area contributed by atoms with Gasteiger partial charge >= 0.3 is 0 Å². The average molecular weight is 375 g/mol. The number of benzene rings is 1. The normalized spacial score (nSPS) is 19.2. The molecule has 5 nitrogen and oxygen atoms in total. The molecular weight excluding hydrogens is 348 g/mol. The highest BCUT2D eigenvalue weighted by molar-refractivity contribution is 5.94. The van der Waals surface area contributed by atoms with Crippen molar-refractivity contribution in [3.8, 4) is 5.69 Å². The molecule has 6 heteroatoms. The summed E-state index contributed by atoms with van der Waals surface area (Å²) in [5, 5.41) is 4.76.